The second-order valence-corrected chi connectivity index (χ2v) is 11.0. The molecule has 0 bridgehead atoms. The molecule has 1 amide bonds. The molecular weight excluding hydrogens is 390 g/mol. The summed E-state index contributed by atoms with van der Waals surface area (Å²) >= 11 is 3.15. The average Bonchev–Trinajstić information content (AvgIpc) is 3.08. The van der Waals surface area contributed by atoms with Gasteiger partial charge in [-0.15, -0.1) is 11.8 Å². The zero-order valence-electron chi connectivity index (χ0n) is 17.0. The quantitative estimate of drug-likeness (QED) is 0.540. The first kappa shape index (κ1) is 20.3. The summed E-state index contributed by atoms with van der Waals surface area (Å²) in [6.45, 7) is 6.14. The largest absolute Gasteiger partial charge is 0.342 e. The van der Waals surface area contributed by atoms with Crippen LogP contribution in [0, 0.1) is 5.92 Å². The van der Waals surface area contributed by atoms with Gasteiger partial charge in [-0.3, -0.25) is 14.2 Å². The molecule has 5 nitrogen and oxygen atoms in total. The molecule has 0 aromatic carbocycles. The van der Waals surface area contributed by atoms with Crippen molar-refractivity contribution in [3.05, 3.63) is 16.0 Å². The maximum Gasteiger partial charge on any atom is 0.268 e. The van der Waals surface area contributed by atoms with Crippen LogP contribution >= 0.6 is 23.5 Å². The number of carbonyl (C=O) groups is 1. The first-order valence-corrected chi connectivity index (χ1v) is 12.6. The number of likely N-dealkylation sites (tertiary alicyclic amines) is 1. The van der Waals surface area contributed by atoms with E-state index >= 15 is 0 Å². The fourth-order valence-corrected chi connectivity index (χ4v) is 6.64. The van der Waals surface area contributed by atoms with E-state index in [9.17, 15) is 9.59 Å². The molecule has 0 radical (unpaired) electrons. The number of hydrogen-bond acceptors (Lipinski definition) is 5. The van der Waals surface area contributed by atoms with Gasteiger partial charge in [0.05, 0.1) is 16.3 Å². The van der Waals surface area contributed by atoms with Crippen LogP contribution in [0.4, 0.5) is 0 Å². The predicted molar refractivity (Wildman–Crippen MR) is 115 cm³/mol. The minimum Gasteiger partial charge on any atom is -0.342 e. The summed E-state index contributed by atoms with van der Waals surface area (Å²) in [4.78, 5) is 33.8. The van der Waals surface area contributed by atoms with Crippen LogP contribution in [0.25, 0.3) is 0 Å². The molecule has 1 aromatic rings. The molecule has 2 aliphatic heterocycles. The van der Waals surface area contributed by atoms with Crippen LogP contribution in [0.1, 0.15) is 70.5 Å². The van der Waals surface area contributed by atoms with Crippen LogP contribution in [-0.2, 0) is 11.2 Å². The van der Waals surface area contributed by atoms with Crippen LogP contribution in [-0.4, -0.2) is 44.5 Å². The maximum absolute atomic E-state index is 13.3. The number of fused-ring (bicyclic) bond motifs is 1. The molecule has 0 N–H and O–H groups in total. The van der Waals surface area contributed by atoms with E-state index in [0.717, 1.165) is 60.9 Å². The molecule has 2 fully saturated rings. The van der Waals surface area contributed by atoms with Crippen LogP contribution in [0.3, 0.4) is 0 Å². The number of amides is 1. The lowest BCUT2D eigenvalue weighted by Gasteiger charge is -2.30. The summed E-state index contributed by atoms with van der Waals surface area (Å²) in [5, 5.41) is 1.18. The molecule has 154 valence electrons. The molecule has 0 spiro atoms. The molecule has 1 unspecified atom stereocenters. The van der Waals surface area contributed by atoms with Crippen molar-refractivity contribution in [2.24, 2.45) is 5.92 Å². The number of rotatable bonds is 4. The summed E-state index contributed by atoms with van der Waals surface area (Å²) in [6, 6.07) is 0.240. The van der Waals surface area contributed by atoms with Crippen LogP contribution in [0.15, 0.2) is 14.8 Å². The van der Waals surface area contributed by atoms with E-state index < -0.39 is 0 Å². The average molecular weight is 422 g/mol. The van der Waals surface area contributed by atoms with Crippen molar-refractivity contribution >= 4 is 29.4 Å². The first-order chi connectivity index (χ1) is 13.5. The number of piperidine rings is 1. The summed E-state index contributed by atoms with van der Waals surface area (Å²) in [5.41, 5.74) is 1.07. The number of hydrogen-bond donors (Lipinski definition) is 0. The molecule has 1 aromatic heterocycles. The highest BCUT2D eigenvalue weighted by Crippen LogP contribution is 2.37. The van der Waals surface area contributed by atoms with Crippen LogP contribution in [0.5, 0.6) is 0 Å². The summed E-state index contributed by atoms with van der Waals surface area (Å²) in [7, 11) is 0. The highest BCUT2D eigenvalue weighted by Gasteiger charge is 2.30. The molecule has 1 aliphatic carbocycles. The normalized spacial score (nSPS) is 23.8. The van der Waals surface area contributed by atoms with Gasteiger partial charge in [0.15, 0.2) is 5.16 Å². The molecule has 28 heavy (non-hydrogen) atoms. The van der Waals surface area contributed by atoms with E-state index in [2.05, 4.69) is 13.8 Å². The monoisotopic (exact) mass is 421 g/mol. The van der Waals surface area contributed by atoms with E-state index in [1.165, 1.54) is 31.0 Å². The van der Waals surface area contributed by atoms with Gasteiger partial charge >= 0.3 is 0 Å². The smallest absolute Gasteiger partial charge is 0.268 e. The van der Waals surface area contributed by atoms with Crippen LogP contribution < -0.4 is 5.56 Å². The number of nitrogens with zero attached hydrogens (tertiary/aromatic N) is 3. The van der Waals surface area contributed by atoms with Gasteiger partial charge in [-0.05, 0) is 31.6 Å². The molecule has 1 saturated heterocycles. The van der Waals surface area contributed by atoms with Crippen molar-refractivity contribution in [1.82, 2.24) is 14.5 Å². The van der Waals surface area contributed by atoms with Gasteiger partial charge in [0, 0.05) is 30.8 Å². The molecule has 1 saturated carbocycles. The Bertz CT molecular complexity index is 781. The third-order valence-electron chi connectivity index (χ3n) is 6.31. The second kappa shape index (κ2) is 8.82. The molecular formula is C21H31N3O2S2. The van der Waals surface area contributed by atoms with Gasteiger partial charge in [-0.2, -0.15) is 0 Å². The Hall–Kier alpha value is -0.950. The third kappa shape index (κ3) is 4.30. The Morgan fingerprint density at radius 1 is 1.14 bits per heavy atom. The molecule has 4 rings (SSSR count). The summed E-state index contributed by atoms with van der Waals surface area (Å²) < 4.78 is 1.94. The van der Waals surface area contributed by atoms with Gasteiger partial charge in [0.1, 0.15) is 0 Å². The van der Waals surface area contributed by atoms with E-state index in [4.69, 9.17) is 4.98 Å². The van der Waals surface area contributed by atoms with Crippen molar-refractivity contribution in [1.29, 1.82) is 0 Å². The molecule has 1 atom stereocenters. The van der Waals surface area contributed by atoms with Crippen LogP contribution in [0.2, 0.25) is 0 Å². The Labute approximate surface area is 176 Å². The van der Waals surface area contributed by atoms with Crippen molar-refractivity contribution in [2.75, 3.05) is 18.8 Å². The van der Waals surface area contributed by atoms with E-state index in [1.54, 1.807) is 11.8 Å². The highest BCUT2D eigenvalue weighted by atomic mass is 32.2. The van der Waals surface area contributed by atoms with E-state index in [0.29, 0.717) is 16.9 Å². The summed E-state index contributed by atoms with van der Waals surface area (Å²) in [6.07, 6.45) is 8.73. The fourth-order valence-electron chi connectivity index (χ4n) is 4.55. The third-order valence-corrected chi connectivity index (χ3v) is 8.47. The minimum absolute atomic E-state index is 0.132. The number of carbonyl (C=O) groups excluding carboxylic acids is 1. The molecule has 3 aliphatic rings. The fraction of sp³-hybridized carbons (Fsp3) is 0.762. The van der Waals surface area contributed by atoms with Crippen molar-refractivity contribution in [3.8, 4) is 0 Å². The topological polar surface area (TPSA) is 55.2 Å². The van der Waals surface area contributed by atoms with E-state index in [-0.39, 0.29) is 17.5 Å². The van der Waals surface area contributed by atoms with E-state index in [1.807, 2.05) is 9.47 Å². The minimum atomic E-state index is 0.132. The lowest BCUT2D eigenvalue weighted by Crippen LogP contribution is -2.39. The lowest BCUT2D eigenvalue weighted by atomic mass is 9.95. The lowest BCUT2D eigenvalue weighted by molar-refractivity contribution is -0.129. The van der Waals surface area contributed by atoms with Gasteiger partial charge in [0.2, 0.25) is 5.91 Å². The van der Waals surface area contributed by atoms with Crippen molar-refractivity contribution < 1.29 is 4.79 Å². The standard InChI is InChI=1S/C21H31N3O2S2/c1-14-8-10-23(11-9-14)18(25)13-27-21-22-17-12-15(2)28-19(17)20(26)24(21)16-6-4-3-5-7-16/h14-16H,3-13H2,1-2H3. The van der Waals surface area contributed by atoms with Gasteiger partial charge in [-0.1, -0.05) is 44.9 Å². The molecule has 7 heteroatoms. The van der Waals surface area contributed by atoms with Crippen molar-refractivity contribution in [3.63, 3.8) is 0 Å². The van der Waals surface area contributed by atoms with Gasteiger partial charge in [0.25, 0.3) is 5.56 Å². The highest BCUT2D eigenvalue weighted by molar-refractivity contribution is 8.00. The van der Waals surface area contributed by atoms with Gasteiger partial charge < -0.3 is 4.90 Å². The Balaban J connectivity index is 1.55. The van der Waals surface area contributed by atoms with Gasteiger partial charge in [-0.25, -0.2) is 4.98 Å². The zero-order valence-corrected chi connectivity index (χ0v) is 18.6. The first-order valence-electron chi connectivity index (χ1n) is 10.8. The molecule has 3 heterocycles. The SMILES string of the molecule is CC1CCN(C(=O)CSc2nc3c(c(=O)n2C2CCCCC2)SC(C)C3)CC1. The predicted octanol–water partition coefficient (Wildman–Crippen LogP) is 4.14. The zero-order chi connectivity index (χ0) is 19.7. The second-order valence-electron chi connectivity index (χ2n) is 8.62. The maximum atomic E-state index is 13.3. The Morgan fingerprint density at radius 2 is 1.86 bits per heavy atom. The number of aromatic nitrogens is 2. The Morgan fingerprint density at radius 3 is 2.57 bits per heavy atom. The van der Waals surface area contributed by atoms with Crippen molar-refractivity contribution in [2.45, 2.75) is 86.6 Å². The Kier molecular flexibility index (Phi) is 6.40. The summed E-state index contributed by atoms with van der Waals surface area (Å²) in [5.74, 6) is 1.28. The number of thioether (sulfide) groups is 2.